The molecule has 0 N–H and O–H groups in total. The van der Waals surface area contributed by atoms with E-state index in [1.165, 1.54) is 30.6 Å². The molecule has 1 fully saturated rings. The Hall–Kier alpha value is -2.58. The molecule has 0 aromatic heterocycles. The van der Waals surface area contributed by atoms with Crippen molar-refractivity contribution in [2.24, 2.45) is 0 Å². The molecule has 1 aliphatic rings. The molecule has 1 heterocycles. The SMILES string of the molecule is COc1ccc(CN(C)S(=O)(=O)c2ccc(OC)c(C(=O)N3CCCCC3)c2)cc1. The first kappa shape index (κ1) is 22.1. The zero-order valence-corrected chi connectivity index (χ0v) is 18.4. The smallest absolute Gasteiger partial charge is 0.257 e. The maximum Gasteiger partial charge on any atom is 0.257 e. The number of amides is 1. The molecular weight excluding hydrogens is 404 g/mol. The molecule has 30 heavy (non-hydrogen) atoms. The van der Waals surface area contributed by atoms with Gasteiger partial charge in [0.1, 0.15) is 11.5 Å². The first-order valence-electron chi connectivity index (χ1n) is 9.93. The number of rotatable bonds is 7. The minimum absolute atomic E-state index is 0.0691. The van der Waals surface area contributed by atoms with Gasteiger partial charge >= 0.3 is 0 Å². The third-order valence-corrected chi connectivity index (χ3v) is 7.12. The van der Waals surface area contributed by atoms with Crippen molar-refractivity contribution in [1.82, 2.24) is 9.21 Å². The third kappa shape index (κ3) is 4.76. The number of sulfonamides is 1. The fraction of sp³-hybridized carbons (Fsp3) is 0.409. The number of carbonyl (C=O) groups excluding carboxylic acids is 1. The number of nitrogens with zero attached hydrogens (tertiary/aromatic N) is 2. The summed E-state index contributed by atoms with van der Waals surface area (Å²) in [7, 11) is 0.795. The Balaban J connectivity index is 1.86. The van der Waals surface area contributed by atoms with Gasteiger partial charge in [0.15, 0.2) is 0 Å². The molecule has 1 saturated heterocycles. The van der Waals surface area contributed by atoms with E-state index in [4.69, 9.17) is 9.47 Å². The van der Waals surface area contributed by atoms with Crippen LogP contribution in [0.1, 0.15) is 35.2 Å². The van der Waals surface area contributed by atoms with Gasteiger partial charge < -0.3 is 14.4 Å². The van der Waals surface area contributed by atoms with Gasteiger partial charge in [-0.15, -0.1) is 0 Å². The Morgan fingerprint density at radius 2 is 1.67 bits per heavy atom. The van der Waals surface area contributed by atoms with Crippen LogP contribution in [0.2, 0.25) is 0 Å². The molecule has 0 spiro atoms. The second-order valence-electron chi connectivity index (χ2n) is 7.32. The number of carbonyl (C=O) groups is 1. The molecule has 0 radical (unpaired) electrons. The number of ether oxygens (including phenoxy) is 2. The van der Waals surface area contributed by atoms with E-state index >= 15 is 0 Å². The van der Waals surface area contributed by atoms with E-state index in [0.717, 1.165) is 24.8 Å². The topological polar surface area (TPSA) is 76.1 Å². The van der Waals surface area contributed by atoms with E-state index in [-0.39, 0.29) is 22.9 Å². The molecule has 0 atom stereocenters. The molecule has 8 heteroatoms. The van der Waals surface area contributed by atoms with Gasteiger partial charge in [0, 0.05) is 26.7 Å². The van der Waals surface area contributed by atoms with Crippen LogP contribution in [0, 0.1) is 0 Å². The van der Waals surface area contributed by atoms with Gasteiger partial charge in [-0.3, -0.25) is 4.79 Å². The van der Waals surface area contributed by atoms with Gasteiger partial charge in [-0.1, -0.05) is 12.1 Å². The van der Waals surface area contributed by atoms with Crippen molar-refractivity contribution >= 4 is 15.9 Å². The average molecular weight is 433 g/mol. The highest BCUT2D eigenvalue weighted by atomic mass is 32.2. The van der Waals surface area contributed by atoms with E-state index in [0.29, 0.717) is 24.6 Å². The summed E-state index contributed by atoms with van der Waals surface area (Å²) in [5.74, 6) is 0.893. The van der Waals surface area contributed by atoms with E-state index in [1.807, 2.05) is 12.1 Å². The van der Waals surface area contributed by atoms with Crippen LogP contribution in [0.4, 0.5) is 0 Å². The first-order chi connectivity index (χ1) is 14.4. The molecule has 0 aliphatic carbocycles. The van der Waals surface area contributed by atoms with E-state index < -0.39 is 10.0 Å². The second kappa shape index (κ2) is 9.49. The van der Waals surface area contributed by atoms with Gasteiger partial charge in [-0.25, -0.2) is 8.42 Å². The number of likely N-dealkylation sites (tertiary alicyclic amines) is 1. The van der Waals surface area contributed by atoms with E-state index in [1.54, 1.807) is 30.2 Å². The number of methoxy groups -OCH3 is 2. The quantitative estimate of drug-likeness (QED) is 0.672. The standard InChI is InChI=1S/C22H28N2O5S/c1-23(16-17-7-9-18(28-2)10-8-17)30(26,27)19-11-12-21(29-3)20(15-19)22(25)24-13-5-4-6-14-24/h7-12,15H,4-6,13-14,16H2,1-3H3. The number of benzene rings is 2. The second-order valence-corrected chi connectivity index (χ2v) is 9.37. The Labute approximate surface area is 178 Å². The summed E-state index contributed by atoms with van der Waals surface area (Å²) in [6.07, 6.45) is 3.01. The maximum absolute atomic E-state index is 13.1. The van der Waals surface area contributed by atoms with E-state index in [9.17, 15) is 13.2 Å². The van der Waals surface area contributed by atoms with E-state index in [2.05, 4.69) is 0 Å². The average Bonchev–Trinajstić information content (AvgIpc) is 2.79. The summed E-state index contributed by atoms with van der Waals surface area (Å²) in [6.45, 7) is 1.56. The fourth-order valence-electron chi connectivity index (χ4n) is 3.54. The molecule has 2 aromatic carbocycles. The Morgan fingerprint density at radius 3 is 2.27 bits per heavy atom. The zero-order chi connectivity index (χ0) is 21.7. The summed E-state index contributed by atoms with van der Waals surface area (Å²) in [5.41, 5.74) is 1.11. The lowest BCUT2D eigenvalue weighted by Gasteiger charge is -2.27. The van der Waals surface area contributed by atoms with Gasteiger partial charge in [-0.05, 0) is 55.2 Å². The van der Waals surface area contributed by atoms with Crippen molar-refractivity contribution < 1.29 is 22.7 Å². The van der Waals surface area contributed by atoms with Crippen LogP contribution in [0.5, 0.6) is 11.5 Å². The molecule has 0 unspecified atom stereocenters. The predicted molar refractivity (Wildman–Crippen MR) is 114 cm³/mol. The molecule has 7 nitrogen and oxygen atoms in total. The van der Waals surface area contributed by atoms with Crippen molar-refractivity contribution in [3.05, 3.63) is 53.6 Å². The number of hydrogen-bond acceptors (Lipinski definition) is 5. The Kier molecular flexibility index (Phi) is 6.99. The lowest BCUT2D eigenvalue weighted by Crippen LogP contribution is -2.36. The number of hydrogen-bond donors (Lipinski definition) is 0. The highest BCUT2D eigenvalue weighted by molar-refractivity contribution is 7.89. The van der Waals surface area contributed by atoms with Gasteiger partial charge in [0.05, 0.1) is 24.7 Å². The summed E-state index contributed by atoms with van der Waals surface area (Å²) < 4.78 is 38.0. The van der Waals surface area contributed by atoms with Crippen LogP contribution < -0.4 is 9.47 Å². The largest absolute Gasteiger partial charge is 0.497 e. The van der Waals surface area contributed by atoms with Crippen molar-refractivity contribution in [3.63, 3.8) is 0 Å². The lowest BCUT2D eigenvalue weighted by molar-refractivity contribution is 0.0720. The minimum Gasteiger partial charge on any atom is -0.497 e. The molecule has 3 rings (SSSR count). The van der Waals surface area contributed by atoms with Crippen LogP contribution in [0.25, 0.3) is 0 Å². The normalized spacial score (nSPS) is 14.6. The molecule has 1 aliphatic heterocycles. The van der Waals surface area contributed by atoms with Crippen molar-refractivity contribution in [1.29, 1.82) is 0 Å². The van der Waals surface area contributed by atoms with Crippen LogP contribution in [0.3, 0.4) is 0 Å². The van der Waals surface area contributed by atoms with Crippen LogP contribution in [0.15, 0.2) is 47.4 Å². The summed E-state index contributed by atoms with van der Waals surface area (Å²) >= 11 is 0. The fourth-order valence-corrected chi connectivity index (χ4v) is 4.72. The van der Waals surface area contributed by atoms with Gasteiger partial charge in [-0.2, -0.15) is 4.31 Å². The first-order valence-corrected chi connectivity index (χ1v) is 11.4. The number of piperidine rings is 1. The van der Waals surface area contributed by atoms with Crippen LogP contribution in [-0.4, -0.2) is 57.9 Å². The van der Waals surface area contributed by atoms with Gasteiger partial charge in [0.2, 0.25) is 10.0 Å². The van der Waals surface area contributed by atoms with Crippen LogP contribution in [-0.2, 0) is 16.6 Å². The van der Waals surface area contributed by atoms with Crippen LogP contribution >= 0.6 is 0 Å². The molecule has 2 aromatic rings. The Bertz CT molecular complexity index is 983. The highest BCUT2D eigenvalue weighted by Gasteiger charge is 2.26. The highest BCUT2D eigenvalue weighted by Crippen LogP contribution is 2.27. The minimum atomic E-state index is -3.79. The molecule has 1 amide bonds. The van der Waals surface area contributed by atoms with Crippen molar-refractivity contribution in [2.45, 2.75) is 30.7 Å². The summed E-state index contributed by atoms with van der Waals surface area (Å²) in [4.78, 5) is 14.8. The molecule has 162 valence electrons. The zero-order valence-electron chi connectivity index (χ0n) is 17.6. The maximum atomic E-state index is 13.1. The third-order valence-electron chi connectivity index (χ3n) is 5.32. The van der Waals surface area contributed by atoms with Crippen molar-refractivity contribution in [2.75, 3.05) is 34.4 Å². The lowest BCUT2D eigenvalue weighted by atomic mass is 10.1. The molecule has 0 saturated carbocycles. The van der Waals surface area contributed by atoms with Crippen molar-refractivity contribution in [3.8, 4) is 11.5 Å². The summed E-state index contributed by atoms with van der Waals surface area (Å²) in [6, 6.07) is 11.7. The molecule has 0 bridgehead atoms. The predicted octanol–water partition coefficient (Wildman–Crippen LogP) is 3.15. The Morgan fingerprint density at radius 1 is 1.00 bits per heavy atom. The van der Waals surface area contributed by atoms with Gasteiger partial charge in [0.25, 0.3) is 5.91 Å². The monoisotopic (exact) mass is 432 g/mol. The molecular formula is C22H28N2O5S. The summed E-state index contributed by atoms with van der Waals surface area (Å²) in [5, 5.41) is 0.